The summed E-state index contributed by atoms with van der Waals surface area (Å²) < 4.78 is 51.7. The summed E-state index contributed by atoms with van der Waals surface area (Å²) in [4.78, 5) is 25.6. The van der Waals surface area contributed by atoms with E-state index in [1.165, 1.54) is 89.9 Å². The highest BCUT2D eigenvalue weighted by molar-refractivity contribution is 9.09. The fourth-order valence-electron chi connectivity index (χ4n) is 23.4. The number of alkyl halides is 4. The maximum atomic E-state index is 13.2. The van der Waals surface area contributed by atoms with Gasteiger partial charge in [0.1, 0.15) is 47.3 Å². The van der Waals surface area contributed by atoms with Gasteiger partial charge in [0.05, 0.1) is 31.0 Å². The van der Waals surface area contributed by atoms with E-state index in [2.05, 4.69) is 89.0 Å². The minimum absolute atomic E-state index is 0.000000000000000222. The molecule has 12 aliphatic rings. The van der Waals surface area contributed by atoms with Crippen LogP contribution in [0.15, 0.2) is 0 Å². The number of fused-ring (bicyclic) bond motifs is 15. The van der Waals surface area contributed by atoms with E-state index in [1.54, 1.807) is 6.92 Å². The third-order valence-corrected chi connectivity index (χ3v) is 27.3. The van der Waals surface area contributed by atoms with Gasteiger partial charge in [-0.1, -0.05) is 61.1 Å². The second-order valence-electron chi connectivity index (χ2n) is 30.9. The first kappa shape index (κ1) is 67.2. The number of aliphatic hydroxyl groups is 4. The molecule has 0 aromatic carbocycles. The summed E-state index contributed by atoms with van der Waals surface area (Å²) in [5.74, 6) is 11.8. The number of halogens is 4. The van der Waals surface area contributed by atoms with Crippen LogP contribution in [-0.2, 0) is 9.59 Å². The van der Waals surface area contributed by atoms with Gasteiger partial charge in [-0.3, -0.25) is 9.59 Å². The topological polar surface area (TPSA) is 115 Å². The maximum absolute atomic E-state index is 13.2. The molecule has 12 rings (SSSR count). The predicted molar refractivity (Wildman–Crippen MR) is 349 cm³/mol. The standard InChI is InChI=1S/C21H32BrFO2.C21H35FO2.C21H33FO2.C3H6S.CB2S.CH2S/c1-20-8-6-15-14-7-9-21(25,12-23)10-13(14)2-3-16(15)17(20)4-5-18(20)19(24)11-22;2*1-13(23)18-5-6-19-17-4-3-14-11-21(24,12-22)10-8-15(14)16(17)7-9-20(18,19)2;1-3(2)4;2-1(3)4;1-2/h13-18,25H,2-12H2,1H3;13-19,23-24H,3-12H2,1-2H3;14-19,24H,3-12H2,1-2H3;1-2H3;;1H2/t13-,14+,15-,16-,17+,18-,20+,21-;13?,14-,15+,16-,17-,18-,19+,20-,21-;14-,15+,16-,17-,18-,19+,20-,21-;;;/m111.../s1/i;;;;;1D2. The lowest BCUT2D eigenvalue weighted by atomic mass is 9.49. The average molecular weight is 1280 g/mol. The minimum Gasteiger partial charge on any atom is -0.393 e. The van der Waals surface area contributed by atoms with Crippen molar-refractivity contribution < 1.29 is 45.9 Å². The van der Waals surface area contributed by atoms with E-state index in [-0.39, 0.29) is 33.4 Å². The molecular formula is C68H108B2BrF3O6S3. The maximum Gasteiger partial charge on any atom is 0.147 e. The smallest absolute Gasteiger partial charge is 0.147 e. The molecule has 0 aliphatic heterocycles. The van der Waals surface area contributed by atoms with Crippen molar-refractivity contribution in [2.45, 2.75) is 245 Å². The third kappa shape index (κ3) is 14.8. The zero-order chi connectivity index (χ0) is 62.8. The average Bonchev–Trinajstić information content (AvgIpc) is 1.87. The van der Waals surface area contributed by atoms with Crippen molar-refractivity contribution in [3.8, 4) is 0 Å². The van der Waals surface area contributed by atoms with Crippen LogP contribution in [0.5, 0.6) is 0 Å². The van der Waals surface area contributed by atoms with Gasteiger partial charge in [-0.05, 0) is 323 Å². The van der Waals surface area contributed by atoms with Gasteiger partial charge in [-0.25, -0.2) is 13.2 Å². The Hall–Kier alpha value is -0.150. The van der Waals surface area contributed by atoms with E-state index >= 15 is 0 Å². The Morgan fingerprint density at radius 3 is 1.17 bits per heavy atom. The first-order chi connectivity index (χ1) is 39.9. The van der Waals surface area contributed by atoms with Crippen LogP contribution in [0, 0.1) is 123 Å². The Balaban J connectivity index is 0.000000166. The number of ketones is 2. The highest BCUT2D eigenvalue weighted by Crippen LogP contribution is 2.68. The van der Waals surface area contributed by atoms with Gasteiger partial charge >= 0.3 is 0 Å². The number of thiocarbonyl (C=S) groups is 3. The van der Waals surface area contributed by atoms with Gasteiger partial charge in [0.25, 0.3) is 0 Å². The van der Waals surface area contributed by atoms with E-state index in [0.29, 0.717) is 114 Å². The van der Waals surface area contributed by atoms with Gasteiger partial charge in [-0.2, -0.15) is 0 Å². The van der Waals surface area contributed by atoms with E-state index in [9.17, 15) is 43.2 Å². The lowest BCUT2D eigenvalue weighted by Crippen LogP contribution is -2.52. The largest absolute Gasteiger partial charge is 0.393 e. The second-order valence-corrected chi connectivity index (χ2v) is 32.8. The molecule has 0 aromatic heterocycles. The van der Waals surface area contributed by atoms with Crippen LogP contribution in [0.3, 0.4) is 0 Å². The Bertz CT molecular complexity index is 2280. The van der Waals surface area contributed by atoms with Crippen LogP contribution in [0.4, 0.5) is 13.2 Å². The van der Waals surface area contributed by atoms with Crippen LogP contribution < -0.4 is 0 Å². The van der Waals surface area contributed by atoms with Crippen LogP contribution in [0.25, 0.3) is 0 Å². The summed E-state index contributed by atoms with van der Waals surface area (Å²) >= 11 is 15.9. The second kappa shape index (κ2) is 29.0. The lowest BCUT2D eigenvalue weighted by molar-refractivity contribution is -0.132. The highest BCUT2D eigenvalue weighted by atomic mass is 79.9. The molecular weight excluding hydrogens is 1170 g/mol. The number of aliphatic hydroxyl groups excluding tert-OH is 1. The number of hydrogen-bond donors (Lipinski definition) is 4. The van der Waals surface area contributed by atoms with Crippen molar-refractivity contribution >= 4 is 95.2 Å². The minimum atomic E-state index is -1.04. The summed E-state index contributed by atoms with van der Waals surface area (Å²) in [6.07, 6.45) is 28.5. The predicted octanol–water partition coefficient (Wildman–Crippen LogP) is 15.4. The molecule has 15 heteroatoms. The number of carbonyl (C=O) groups excluding carboxylic acids is 2. The molecule has 12 fully saturated rings. The van der Waals surface area contributed by atoms with E-state index in [0.717, 1.165) is 91.2 Å². The Kier molecular flexibility index (Phi) is 23.5. The van der Waals surface area contributed by atoms with Gasteiger partial charge in [0.2, 0.25) is 0 Å². The fourth-order valence-corrected chi connectivity index (χ4v) is 23.8. The van der Waals surface area contributed by atoms with Gasteiger partial charge in [0, 0.05) is 11.8 Å². The summed E-state index contributed by atoms with van der Waals surface area (Å²) in [7, 11) is 9.24. The molecule has 0 heterocycles. The van der Waals surface area contributed by atoms with Crippen molar-refractivity contribution in [2.75, 3.05) is 25.4 Å². The summed E-state index contributed by atoms with van der Waals surface area (Å²) in [5.41, 5.74) is -2.35. The van der Waals surface area contributed by atoms with Crippen LogP contribution in [0.2, 0.25) is 0 Å². The summed E-state index contributed by atoms with van der Waals surface area (Å²) in [5, 5.41) is 42.0. The molecule has 0 spiro atoms. The molecule has 0 saturated heterocycles. The quantitative estimate of drug-likeness (QED) is 0.112. The van der Waals surface area contributed by atoms with Crippen LogP contribution in [-0.4, -0.2) is 111 Å². The van der Waals surface area contributed by atoms with Crippen LogP contribution in [0.1, 0.15) is 225 Å². The first-order valence-corrected chi connectivity index (χ1v) is 35.3. The van der Waals surface area contributed by atoms with Gasteiger partial charge in [0.15, 0.2) is 0 Å². The van der Waals surface area contributed by atoms with E-state index < -0.39 is 42.6 Å². The Morgan fingerprint density at radius 1 is 0.542 bits per heavy atom. The fraction of sp³-hybridized carbons (Fsp3) is 0.926. The number of Topliss-reactive ketones (excluding diaryl/α,β-unsaturated/α-hetero) is 2. The van der Waals surface area contributed by atoms with E-state index in [4.69, 9.17) is 2.74 Å². The molecule has 4 radical (unpaired) electrons. The molecule has 83 heavy (non-hydrogen) atoms. The molecule has 468 valence electrons. The molecule has 25 atom stereocenters. The third-order valence-electron chi connectivity index (χ3n) is 26.7. The van der Waals surface area contributed by atoms with Crippen molar-refractivity contribution in [3.05, 3.63) is 0 Å². The van der Waals surface area contributed by atoms with Crippen molar-refractivity contribution in [1.29, 1.82) is 0 Å². The molecule has 12 aliphatic carbocycles. The Labute approximate surface area is 530 Å². The monoisotopic (exact) mass is 1280 g/mol. The number of carbonyl (C=O) groups is 2. The van der Waals surface area contributed by atoms with Gasteiger partial charge < -0.3 is 20.4 Å². The molecule has 4 N–H and O–H groups in total. The van der Waals surface area contributed by atoms with Crippen molar-refractivity contribution in [3.63, 3.8) is 0 Å². The van der Waals surface area contributed by atoms with Crippen molar-refractivity contribution in [1.82, 2.24) is 0 Å². The van der Waals surface area contributed by atoms with Gasteiger partial charge in [-0.15, -0.1) is 16.9 Å². The Morgan fingerprint density at radius 2 is 0.843 bits per heavy atom. The highest BCUT2D eigenvalue weighted by Gasteiger charge is 2.62. The zero-order valence-electron chi connectivity index (χ0n) is 53.9. The van der Waals surface area contributed by atoms with Crippen molar-refractivity contribution in [2.24, 2.45) is 123 Å². The molecule has 12 saturated carbocycles. The SMILES string of the molecule is CC(=O)[C@H]1CC[C@H]2[C@@H]3CC[C@@H]4C[C@@](O)(CF)CC[C@@H]4[C@H]3CC[C@]12C.CC(C)=S.CC(O)[C@H]1CC[C@H]2[C@@H]3CC[C@@H]4C[C@@](O)(CF)CC[C@@H]4[C@H]3CC[C@]12C.C[C@]12CC[C@H]3[C@@H](CC[C@@H]4C[C@@](O)(CF)CC[C@@H]43)[C@@H]1CC[C@@H]2C(=O)CBr.[2H]C([2H])=S.[B]C([B])=S. The molecule has 0 aromatic rings. The van der Waals surface area contributed by atoms with E-state index in [1.807, 2.05) is 20.8 Å². The number of hydrogen-bond acceptors (Lipinski definition) is 9. The normalized spacial score (nSPS) is 48.2. The summed E-state index contributed by atoms with van der Waals surface area (Å²) in [6, 6.07) is 0. The molecule has 0 amide bonds. The number of rotatable bonds is 7. The lowest BCUT2D eigenvalue weighted by Gasteiger charge is -2.57. The molecule has 6 nitrogen and oxygen atoms in total. The summed E-state index contributed by atoms with van der Waals surface area (Å²) in [6.45, 7) is 13.1. The van der Waals surface area contributed by atoms with Crippen LogP contribution >= 0.6 is 52.6 Å². The molecule has 0 bridgehead atoms. The first-order valence-electron chi connectivity index (χ1n) is 34.0. The zero-order valence-corrected chi connectivity index (χ0v) is 55.9. The molecule has 1 unspecified atom stereocenters.